The summed E-state index contributed by atoms with van der Waals surface area (Å²) in [5.74, 6) is -1.13. The molecule has 0 aliphatic rings. The lowest BCUT2D eigenvalue weighted by atomic mass is 10.0. The highest BCUT2D eigenvalue weighted by molar-refractivity contribution is 7.12. The number of thiophene rings is 1. The summed E-state index contributed by atoms with van der Waals surface area (Å²) in [6.45, 7) is 3.59. The van der Waals surface area contributed by atoms with Gasteiger partial charge in [-0.05, 0) is 48.6 Å². The number of amides is 1. The number of benzene rings is 2. The van der Waals surface area contributed by atoms with Gasteiger partial charge in [0.15, 0.2) is 6.10 Å². The fraction of sp³-hybridized carbons (Fsp3) is 0.174. The van der Waals surface area contributed by atoms with Crippen LogP contribution >= 0.6 is 11.3 Å². The number of aryl methyl sites for hydroxylation is 1. The van der Waals surface area contributed by atoms with Gasteiger partial charge in [0, 0.05) is 11.3 Å². The van der Waals surface area contributed by atoms with E-state index < -0.39 is 12.1 Å². The predicted molar refractivity (Wildman–Crippen MR) is 114 cm³/mol. The van der Waals surface area contributed by atoms with Gasteiger partial charge in [-0.2, -0.15) is 0 Å². The van der Waals surface area contributed by atoms with E-state index in [0.29, 0.717) is 16.1 Å². The number of ether oxygens (including phenoxy) is 1. The molecule has 0 saturated heterocycles. The molecule has 1 aromatic heterocycles. The molecule has 0 saturated carbocycles. The van der Waals surface area contributed by atoms with Crippen molar-refractivity contribution in [2.45, 2.75) is 26.4 Å². The van der Waals surface area contributed by atoms with Gasteiger partial charge in [-0.15, -0.1) is 11.3 Å². The number of hydrogen-bond donors (Lipinski definition) is 1. The van der Waals surface area contributed by atoms with Gasteiger partial charge >= 0.3 is 5.97 Å². The Morgan fingerprint density at radius 1 is 1.00 bits per heavy atom. The minimum Gasteiger partial charge on any atom is -0.451 e. The molecule has 1 N–H and O–H groups in total. The first kappa shape index (κ1) is 20.5. The molecule has 3 aromatic rings. The van der Waals surface area contributed by atoms with Gasteiger partial charge in [0.1, 0.15) is 0 Å². The molecule has 0 unspecified atom stereocenters. The van der Waals surface area contributed by atoms with Gasteiger partial charge < -0.3 is 10.1 Å². The van der Waals surface area contributed by atoms with Gasteiger partial charge in [-0.3, -0.25) is 9.59 Å². The SMILES string of the molecule is CCc1ccc(C(=O)[C@@H](C)OC(=O)c2cccc(NC(=O)c3cccs3)c2)cc1. The molecule has 0 aliphatic carbocycles. The lowest BCUT2D eigenvalue weighted by Gasteiger charge is -2.13. The van der Waals surface area contributed by atoms with Crippen LogP contribution in [0.25, 0.3) is 0 Å². The summed E-state index contributed by atoms with van der Waals surface area (Å²) in [6.07, 6.45) is -0.0300. The molecular weight excluding hydrogens is 386 g/mol. The number of carbonyl (C=O) groups is 3. The van der Waals surface area contributed by atoms with Crippen molar-refractivity contribution in [2.24, 2.45) is 0 Å². The minimum absolute atomic E-state index is 0.246. The second-order valence-corrected chi connectivity index (χ2v) is 7.42. The van der Waals surface area contributed by atoms with Crippen molar-refractivity contribution in [3.05, 3.63) is 87.6 Å². The molecule has 0 radical (unpaired) electrons. The number of carbonyl (C=O) groups excluding carboxylic acids is 3. The molecule has 0 spiro atoms. The van der Waals surface area contributed by atoms with Crippen LogP contribution in [-0.4, -0.2) is 23.8 Å². The van der Waals surface area contributed by atoms with Crippen LogP contribution in [0.4, 0.5) is 5.69 Å². The zero-order valence-electron chi connectivity index (χ0n) is 16.2. The maximum absolute atomic E-state index is 12.5. The van der Waals surface area contributed by atoms with E-state index in [2.05, 4.69) is 5.32 Å². The molecule has 0 fully saturated rings. The first-order valence-electron chi connectivity index (χ1n) is 9.27. The van der Waals surface area contributed by atoms with Crippen LogP contribution in [0.15, 0.2) is 66.0 Å². The fourth-order valence-electron chi connectivity index (χ4n) is 2.75. The molecule has 1 atom stereocenters. The highest BCUT2D eigenvalue weighted by Gasteiger charge is 2.20. The van der Waals surface area contributed by atoms with Crippen molar-refractivity contribution in [2.75, 3.05) is 5.32 Å². The molecule has 3 rings (SSSR count). The summed E-state index contributed by atoms with van der Waals surface area (Å²) >= 11 is 1.33. The van der Waals surface area contributed by atoms with Crippen molar-refractivity contribution < 1.29 is 19.1 Å². The first-order valence-corrected chi connectivity index (χ1v) is 10.1. The van der Waals surface area contributed by atoms with Crippen LogP contribution in [0.3, 0.4) is 0 Å². The summed E-state index contributed by atoms with van der Waals surface area (Å²) in [5, 5.41) is 4.57. The molecule has 2 aromatic carbocycles. The molecule has 0 aliphatic heterocycles. The number of nitrogens with one attached hydrogen (secondary N) is 1. The van der Waals surface area contributed by atoms with E-state index in [1.165, 1.54) is 17.4 Å². The van der Waals surface area contributed by atoms with Crippen molar-refractivity contribution in [3.63, 3.8) is 0 Å². The Labute approximate surface area is 173 Å². The average molecular weight is 407 g/mol. The molecule has 148 valence electrons. The number of anilines is 1. The van der Waals surface area contributed by atoms with Gasteiger partial charge in [0.2, 0.25) is 5.78 Å². The minimum atomic E-state index is -0.917. The van der Waals surface area contributed by atoms with Gasteiger partial charge in [0.05, 0.1) is 10.4 Å². The molecule has 29 heavy (non-hydrogen) atoms. The first-order chi connectivity index (χ1) is 14.0. The number of ketones is 1. The lowest BCUT2D eigenvalue weighted by molar-refractivity contribution is 0.0319. The third-order valence-electron chi connectivity index (χ3n) is 4.40. The van der Waals surface area contributed by atoms with Crippen molar-refractivity contribution >= 4 is 34.7 Å². The maximum atomic E-state index is 12.5. The van der Waals surface area contributed by atoms with Crippen molar-refractivity contribution in [3.8, 4) is 0 Å². The Bertz CT molecular complexity index is 1010. The topological polar surface area (TPSA) is 72.5 Å². The smallest absolute Gasteiger partial charge is 0.338 e. The lowest BCUT2D eigenvalue weighted by Crippen LogP contribution is -2.24. The second kappa shape index (κ2) is 9.30. The Morgan fingerprint density at radius 2 is 1.76 bits per heavy atom. The van der Waals surface area contributed by atoms with Gasteiger partial charge in [-0.25, -0.2) is 4.79 Å². The summed E-state index contributed by atoms with van der Waals surface area (Å²) in [6, 6.07) is 17.2. The number of rotatable bonds is 7. The van der Waals surface area contributed by atoms with E-state index in [1.54, 1.807) is 49.4 Å². The van der Waals surface area contributed by atoms with Crippen LogP contribution < -0.4 is 5.32 Å². The largest absolute Gasteiger partial charge is 0.451 e. The maximum Gasteiger partial charge on any atom is 0.338 e. The Morgan fingerprint density at radius 3 is 2.41 bits per heavy atom. The van der Waals surface area contributed by atoms with E-state index in [-0.39, 0.29) is 17.3 Å². The average Bonchev–Trinajstić information content (AvgIpc) is 3.28. The standard InChI is InChI=1S/C23H21NO4S/c1-3-16-9-11-17(12-10-16)21(25)15(2)28-23(27)18-6-4-7-19(14-18)24-22(26)20-8-5-13-29-20/h4-15H,3H2,1-2H3,(H,24,26)/t15-/m1/s1. The Kier molecular flexibility index (Phi) is 6.57. The number of hydrogen-bond acceptors (Lipinski definition) is 5. The van der Waals surface area contributed by atoms with Crippen LogP contribution in [0.2, 0.25) is 0 Å². The Hall–Kier alpha value is -3.25. The summed E-state index contributed by atoms with van der Waals surface area (Å²) in [5.41, 5.74) is 2.37. The van der Waals surface area contributed by atoms with Crippen LogP contribution in [0.1, 0.15) is 49.8 Å². The fourth-order valence-corrected chi connectivity index (χ4v) is 3.36. The van der Waals surface area contributed by atoms with E-state index >= 15 is 0 Å². The highest BCUT2D eigenvalue weighted by atomic mass is 32.1. The van der Waals surface area contributed by atoms with Crippen LogP contribution in [0.5, 0.6) is 0 Å². The van der Waals surface area contributed by atoms with E-state index in [4.69, 9.17) is 4.74 Å². The normalized spacial score (nSPS) is 11.5. The predicted octanol–water partition coefficient (Wildman–Crippen LogP) is 4.99. The van der Waals surface area contributed by atoms with E-state index in [1.807, 2.05) is 24.4 Å². The molecule has 0 bridgehead atoms. The summed E-state index contributed by atoms with van der Waals surface area (Å²) in [7, 11) is 0. The number of Topliss-reactive ketones (excluding diaryl/α,β-unsaturated/α-hetero) is 1. The molecule has 1 heterocycles. The summed E-state index contributed by atoms with van der Waals surface area (Å²) in [4.78, 5) is 37.7. The van der Waals surface area contributed by atoms with E-state index in [0.717, 1.165) is 12.0 Å². The summed E-state index contributed by atoms with van der Waals surface area (Å²) < 4.78 is 5.34. The highest BCUT2D eigenvalue weighted by Crippen LogP contribution is 2.17. The zero-order valence-corrected chi connectivity index (χ0v) is 17.0. The van der Waals surface area contributed by atoms with Gasteiger partial charge in [-0.1, -0.05) is 43.3 Å². The third kappa shape index (κ3) is 5.18. The molecule has 6 heteroatoms. The third-order valence-corrected chi connectivity index (χ3v) is 5.27. The molecule has 5 nitrogen and oxygen atoms in total. The monoisotopic (exact) mass is 407 g/mol. The van der Waals surface area contributed by atoms with Crippen LogP contribution in [-0.2, 0) is 11.2 Å². The second-order valence-electron chi connectivity index (χ2n) is 6.47. The molecule has 1 amide bonds. The van der Waals surface area contributed by atoms with E-state index in [9.17, 15) is 14.4 Å². The van der Waals surface area contributed by atoms with Crippen molar-refractivity contribution in [1.29, 1.82) is 0 Å². The van der Waals surface area contributed by atoms with Crippen LogP contribution in [0, 0.1) is 0 Å². The number of esters is 1. The zero-order chi connectivity index (χ0) is 20.8. The Balaban J connectivity index is 1.65. The van der Waals surface area contributed by atoms with Gasteiger partial charge in [0.25, 0.3) is 5.91 Å². The van der Waals surface area contributed by atoms with Crippen molar-refractivity contribution in [1.82, 2.24) is 0 Å². The quantitative estimate of drug-likeness (QED) is 0.442. The molecular formula is C23H21NO4S.